The van der Waals surface area contributed by atoms with Gasteiger partial charge in [0.25, 0.3) is 0 Å². The Morgan fingerprint density at radius 2 is 0.556 bits per heavy atom. The van der Waals surface area contributed by atoms with Crippen molar-refractivity contribution in [3.8, 4) is 0 Å². The zero-order valence-electron chi connectivity index (χ0n) is 30.8. The van der Waals surface area contributed by atoms with E-state index in [9.17, 15) is 0 Å². The standard InChI is InChI=1S/C52H44N2/c1-41-24-28-43(29-25-41)14-9-11-16-45-32-36-49(37-33-45)53(47-18-5-3-6-19-47)51-22-13-23-52(40-51)54(48-20-7-4-8-21-48)50-38-34-46(35-39-50)17-12-10-15-44-30-26-42(2)27-31-44/h3-40H,1-2H3. The van der Waals surface area contributed by atoms with Gasteiger partial charge in [0.2, 0.25) is 0 Å². The van der Waals surface area contributed by atoms with Crippen LogP contribution in [0.5, 0.6) is 0 Å². The van der Waals surface area contributed by atoms with Crippen LogP contribution < -0.4 is 9.80 Å². The molecule has 0 aliphatic carbocycles. The van der Waals surface area contributed by atoms with Gasteiger partial charge in [-0.15, -0.1) is 0 Å². The highest BCUT2D eigenvalue weighted by Gasteiger charge is 2.17. The van der Waals surface area contributed by atoms with Crippen LogP contribution in [0.15, 0.2) is 206 Å². The van der Waals surface area contributed by atoms with E-state index in [4.69, 9.17) is 0 Å². The van der Waals surface area contributed by atoms with Gasteiger partial charge >= 0.3 is 0 Å². The molecule has 0 radical (unpaired) electrons. The van der Waals surface area contributed by atoms with Crippen LogP contribution in [0.1, 0.15) is 33.4 Å². The fourth-order valence-corrected chi connectivity index (χ4v) is 6.31. The molecule has 0 saturated carbocycles. The molecule has 2 nitrogen and oxygen atoms in total. The third-order valence-corrected chi connectivity index (χ3v) is 9.21. The van der Waals surface area contributed by atoms with Crippen LogP contribution in [-0.4, -0.2) is 0 Å². The highest BCUT2D eigenvalue weighted by molar-refractivity contribution is 5.83. The summed E-state index contributed by atoms with van der Waals surface area (Å²) in [7, 11) is 0. The fourth-order valence-electron chi connectivity index (χ4n) is 6.31. The number of hydrogen-bond acceptors (Lipinski definition) is 2. The van der Waals surface area contributed by atoms with Crippen LogP contribution in [-0.2, 0) is 0 Å². The molecule has 0 amide bonds. The fraction of sp³-hybridized carbons (Fsp3) is 0.0385. The van der Waals surface area contributed by atoms with Gasteiger partial charge in [-0.05, 0) is 103 Å². The van der Waals surface area contributed by atoms with E-state index in [1.54, 1.807) is 0 Å². The molecular weight excluding hydrogens is 653 g/mol. The maximum atomic E-state index is 2.31. The number of allylic oxidation sites excluding steroid dienone is 4. The average molecular weight is 697 g/mol. The number of nitrogens with zero attached hydrogens (tertiary/aromatic N) is 2. The second-order valence-corrected chi connectivity index (χ2v) is 13.3. The number of para-hydroxylation sites is 2. The molecular formula is C52H44N2. The van der Waals surface area contributed by atoms with Gasteiger partial charge in [0.1, 0.15) is 0 Å². The zero-order chi connectivity index (χ0) is 37.0. The van der Waals surface area contributed by atoms with E-state index >= 15 is 0 Å². The molecule has 0 aliphatic heterocycles. The van der Waals surface area contributed by atoms with Crippen LogP contribution >= 0.6 is 0 Å². The molecule has 7 rings (SSSR count). The minimum absolute atomic E-state index is 1.07. The Hall–Kier alpha value is -6.90. The topological polar surface area (TPSA) is 6.48 Å². The summed E-state index contributed by atoms with van der Waals surface area (Å²) in [6.07, 6.45) is 16.9. The zero-order valence-corrected chi connectivity index (χ0v) is 30.8. The second kappa shape index (κ2) is 17.5. The first-order valence-electron chi connectivity index (χ1n) is 18.4. The van der Waals surface area contributed by atoms with Crippen molar-refractivity contribution in [3.05, 3.63) is 240 Å². The third-order valence-electron chi connectivity index (χ3n) is 9.21. The molecule has 0 atom stereocenters. The third kappa shape index (κ3) is 9.30. The van der Waals surface area contributed by atoms with Crippen molar-refractivity contribution in [2.75, 3.05) is 9.80 Å². The van der Waals surface area contributed by atoms with Crippen molar-refractivity contribution < 1.29 is 0 Å². The summed E-state index contributed by atoms with van der Waals surface area (Å²) in [4.78, 5) is 4.63. The van der Waals surface area contributed by atoms with Gasteiger partial charge < -0.3 is 9.80 Å². The maximum Gasteiger partial charge on any atom is 0.0482 e. The Kier molecular flexibility index (Phi) is 11.5. The molecule has 0 unspecified atom stereocenters. The minimum Gasteiger partial charge on any atom is -0.310 e. The molecule has 0 saturated heterocycles. The lowest BCUT2D eigenvalue weighted by atomic mass is 10.1. The van der Waals surface area contributed by atoms with Crippen molar-refractivity contribution in [2.45, 2.75) is 13.8 Å². The van der Waals surface area contributed by atoms with Crippen LogP contribution in [0.25, 0.3) is 24.3 Å². The van der Waals surface area contributed by atoms with Gasteiger partial charge in [-0.3, -0.25) is 0 Å². The van der Waals surface area contributed by atoms with Gasteiger partial charge in [0.05, 0.1) is 0 Å². The molecule has 54 heavy (non-hydrogen) atoms. The smallest absolute Gasteiger partial charge is 0.0482 e. The minimum atomic E-state index is 1.07. The van der Waals surface area contributed by atoms with Gasteiger partial charge in [-0.2, -0.15) is 0 Å². The monoisotopic (exact) mass is 696 g/mol. The molecule has 262 valence electrons. The summed E-state index contributed by atoms with van der Waals surface area (Å²) >= 11 is 0. The van der Waals surface area contributed by atoms with E-state index in [0.717, 1.165) is 45.3 Å². The Labute approximate surface area is 320 Å². The highest BCUT2D eigenvalue weighted by atomic mass is 15.2. The summed E-state index contributed by atoms with van der Waals surface area (Å²) in [5.41, 5.74) is 13.7. The van der Waals surface area contributed by atoms with Crippen LogP contribution in [0.2, 0.25) is 0 Å². The average Bonchev–Trinajstić information content (AvgIpc) is 3.22. The Bertz CT molecular complexity index is 2180. The molecule has 0 N–H and O–H groups in total. The van der Waals surface area contributed by atoms with E-state index in [1.165, 1.54) is 22.3 Å². The molecule has 7 aromatic rings. The number of rotatable bonds is 12. The second-order valence-electron chi connectivity index (χ2n) is 13.3. The number of anilines is 6. The Morgan fingerprint density at radius 3 is 0.889 bits per heavy atom. The predicted molar refractivity (Wildman–Crippen MR) is 234 cm³/mol. The van der Waals surface area contributed by atoms with Crippen molar-refractivity contribution in [3.63, 3.8) is 0 Å². The van der Waals surface area contributed by atoms with Gasteiger partial charge in [0.15, 0.2) is 0 Å². The number of hydrogen-bond donors (Lipinski definition) is 0. The van der Waals surface area contributed by atoms with Crippen LogP contribution in [0.3, 0.4) is 0 Å². The first-order valence-corrected chi connectivity index (χ1v) is 18.4. The number of benzene rings is 7. The molecule has 0 heterocycles. The normalized spacial score (nSPS) is 11.6. The van der Waals surface area contributed by atoms with E-state index in [-0.39, 0.29) is 0 Å². The van der Waals surface area contributed by atoms with E-state index < -0.39 is 0 Å². The Morgan fingerprint density at radius 1 is 0.278 bits per heavy atom. The van der Waals surface area contributed by atoms with Crippen molar-refractivity contribution in [1.29, 1.82) is 0 Å². The summed E-state index contributed by atoms with van der Waals surface area (Å²) in [5, 5.41) is 0. The molecule has 0 aromatic heterocycles. The lowest BCUT2D eigenvalue weighted by Crippen LogP contribution is -2.13. The lowest BCUT2D eigenvalue weighted by Gasteiger charge is -2.29. The summed E-state index contributed by atoms with van der Waals surface area (Å²) in [5.74, 6) is 0. The molecule has 0 spiro atoms. The Balaban J connectivity index is 1.15. The quantitative estimate of drug-likeness (QED) is 0.117. The van der Waals surface area contributed by atoms with E-state index in [1.807, 2.05) is 0 Å². The number of aryl methyl sites for hydroxylation is 2. The molecule has 2 heteroatoms. The van der Waals surface area contributed by atoms with E-state index in [0.29, 0.717) is 0 Å². The van der Waals surface area contributed by atoms with Crippen LogP contribution in [0.4, 0.5) is 34.1 Å². The van der Waals surface area contributed by atoms with Gasteiger partial charge in [-0.25, -0.2) is 0 Å². The largest absolute Gasteiger partial charge is 0.310 e. The molecule has 7 aromatic carbocycles. The lowest BCUT2D eigenvalue weighted by molar-refractivity contribution is 1.25. The SMILES string of the molecule is Cc1ccc(C=CC=Cc2ccc(N(c3ccccc3)c3cccc(N(c4ccccc4)c4ccc(C=CC=Cc5ccc(C)cc5)cc4)c3)cc2)cc1. The first-order chi connectivity index (χ1) is 26.6. The van der Waals surface area contributed by atoms with Crippen LogP contribution in [0, 0.1) is 13.8 Å². The van der Waals surface area contributed by atoms with Gasteiger partial charge in [0, 0.05) is 34.1 Å². The molecule has 0 fully saturated rings. The highest BCUT2D eigenvalue weighted by Crippen LogP contribution is 2.40. The van der Waals surface area contributed by atoms with Crippen molar-refractivity contribution in [1.82, 2.24) is 0 Å². The molecule has 0 aliphatic rings. The summed E-state index contributed by atoms with van der Waals surface area (Å²) in [6, 6.07) is 64.5. The maximum absolute atomic E-state index is 2.31. The van der Waals surface area contributed by atoms with Crippen molar-refractivity contribution in [2.24, 2.45) is 0 Å². The summed E-state index contributed by atoms with van der Waals surface area (Å²) < 4.78 is 0. The molecule has 0 bridgehead atoms. The van der Waals surface area contributed by atoms with Gasteiger partial charge in [-0.1, -0.05) is 175 Å². The first kappa shape index (κ1) is 35.5. The summed E-state index contributed by atoms with van der Waals surface area (Å²) in [6.45, 7) is 4.22. The predicted octanol–water partition coefficient (Wildman–Crippen LogP) is 14.7. The van der Waals surface area contributed by atoms with E-state index in [2.05, 4.69) is 254 Å². The van der Waals surface area contributed by atoms with Crippen molar-refractivity contribution >= 4 is 58.4 Å².